The maximum absolute atomic E-state index is 4.86. The van der Waals surface area contributed by atoms with Crippen molar-refractivity contribution in [1.29, 1.82) is 0 Å². The highest BCUT2D eigenvalue weighted by atomic mass is 32.1. The van der Waals surface area contributed by atoms with Crippen molar-refractivity contribution in [2.75, 3.05) is 18.4 Å². The van der Waals surface area contributed by atoms with Gasteiger partial charge in [0.25, 0.3) is 0 Å². The molecule has 4 rings (SSSR count). The van der Waals surface area contributed by atoms with Crippen LogP contribution in [0.15, 0.2) is 18.3 Å². The molecule has 7 heteroatoms. The molecule has 3 aromatic rings. The molecular formula is C22H30N6S. The molecule has 0 unspecified atom stereocenters. The van der Waals surface area contributed by atoms with Crippen LogP contribution in [0.1, 0.15) is 52.5 Å². The molecule has 1 atom stereocenters. The number of aromatic nitrogens is 4. The second-order valence-corrected chi connectivity index (χ2v) is 9.23. The molecule has 0 radical (unpaired) electrons. The van der Waals surface area contributed by atoms with Crippen molar-refractivity contribution in [2.24, 2.45) is 0 Å². The van der Waals surface area contributed by atoms with Gasteiger partial charge in [0.15, 0.2) is 5.13 Å². The Kier molecular flexibility index (Phi) is 5.69. The summed E-state index contributed by atoms with van der Waals surface area (Å²) in [5.41, 5.74) is 6.89. The largest absolute Gasteiger partial charge is 0.331 e. The molecule has 1 aliphatic rings. The molecule has 1 saturated heterocycles. The van der Waals surface area contributed by atoms with Crippen molar-refractivity contribution in [3.05, 3.63) is 51.5 Å². The fourth-order valence-electron chi connectivity index (χ4n) is 3.96. The highest BCUT2D eigenvalue weighted by Gasteiger charge is 2.26. The minimum absolute atomic E-state index is 0.469. The average Bonchev–Trinajstić information content (AvgIpc) is 3.35. The van der Waals surface area contributed by atoms with Crippen LogP contribution in [0, 0.1) is 27.7 Å². The van der Waals surface area contributed by atoms with Crippen LogP contribution >= 0.6 is 11.3 Å². The highest BCUT2D eigenvalue weighted by Crippen LogP contribution is 2.31. The van der Waals surface area contributed by atoms with E-state index in [-0.39, 0.29) is 0 Å². The van der Waals surface area contributed by atoms with Gasteiger partial charge in [0, 0.05) is 59.3 Å². The maximum atomic E-state index is 4.86. The highest BCUT2D eigenvalue weighted by molar-refractivity contribution is 7.15. The SMILES string of the molecule is CCn1cc(CN2CC[C@H](c3cc(Nc4nc(C)c(C)s4)cc(C)n3)C2)c(C)n1. The van der Waals surface area contributed by atoms with Crippen LogP contribution in [0.5, 0.6) is 0 Å². The minimum Gasteiger partial charge on any atom is -0.331 e. The third kappa shape index (κ3) is 4.51. The van der Waals surface area contributed by atoms with Gasteiger partial charge in [0.1, 0.15) is 0 Å². The quantitative estimate of drug-likeness (QED) is 0.637. The van der Waals surface area contributed by atoms with Gasteiger partial charge in [0.05, 0.1) is 11.4 Å². The lowest BCUT2D eigenvalue weighted by Gasteiger charge is -2.16. The third-order valence-electron chi connectivity index (χ3n) is 5.71. The lowest BCUT2D eigenvalue weighted by atomic mass is 10.0. The number of pyridine rings is 1. The first-order valence-electron chi connectivity index (χ1n) is 10.4. The van der Waals surface area contributed by atoms with Gasteiger partial charge >= 0.3 is 0 Å². The van der Waals surface area contributed by atoms with Gasteiger partial charge in [0.2, 0.25) is 0 Å². The van der Waals surface area contributed by atoms with Crippen molar-refractivity contribution < 1.29 is 0 Å². The molecule has 0 aliphatic carbocycles. The van der Waals surface area contributed by atoms with E-state index >= 15 is 0 Å². The Morgan fingerprint density at radius 3 is 2.66 bits per heavy atom. The molecule has 4 heterocycles. The normalized spacial score (nSPS) is 17.2. The van der Waals surface area contributed by atoms with Crippen LogP contribution in [0.25, 0.3) is 0 Å². The Bertz CT molecular complexity index is 985. The van der Waals surface area contributed by atoms with Crippen molar-refractivity contribution in [1.82, 2.24) is 24.6 Å². The van der Waals surface area contributed by atoms with Crippen LogP contribution in [0.3, 0.4) is 0 Å². The first-order valence-corrected chi connectivity index (χ1v) is 11.2. The van der Waals surface area contributed by atoms with Gasteiger partial charge in [-0.2, -0.15) is 5.10 Å². The fourth-order valence-corrected chi connectivity index (χ4v) is 4.79. The summed E-state index contributed by atoms with van der Waals surface area (Å²) in [6.07, 6.45) is 3.33. The molecule has 3 aromatic heterocycles. The number of likely N-dealkylation sites (tertiary alicyclic amines) is 1. The zero-order valence-electron chi connectivity index (χ0n) is 18.0. The molecule has 1 N–H and O–H groups in total. The standard InChI is InChI=1S/C22H30N6S/c1-6-28-13-19(16(4)26-28)12-27-8-7-18(11-27)21-10-20(9-14(2)23-21)25-22-24-15(3)17(5)29-22/h9-10,13,18H,6-8,11-12H2,1-5H3,(H,23,24,25)/t18-/m0/s1. The van der Waals surface area contributed by atoms with E-state index in [9.17, 15) is 0 Å². The van der Waals surface area contributed by atoms with Crippen molar-refractivity contribution in [3.63, 3.8) is 0 Å². The number of thiazole rings is 1. The van der Waals surface area contributed by atoms with E-state index in [1.165, 1.54) is 16.1 Å². The summed E-state index contributed by atoms with van der Waals surface area (Å²) < 4.78 is 2.03. The van der Waals surface area contributed by atoms with Gasteiger partial charge < -0.3 is 5.32 Å². The zero-order valence-corrected chi connectivity index (χ0v) is 18.8. The summed E-state index contributed by atoms with van der Waals surface area (Å²) in [5, 5.41) is 9.02. The summed E-state index contributed by atoms with van der Waals surface area (Å²) in [6.45, 7) is 14.5. The Labute approximate surface area is 177 Å². The summed E-state index contributed by atoms with van der Waals surface area (Å²) in [4.78, 5) is 13.2. The molecule has 1 aliphatic heterocycles. The second-order valence-electron chi connectivity index (χ2n) is 8.02. The van der Waals surface area contributed by atoms with E-state index in [0.29, 0.717) is 5.92 Å². The third-order valence-corrected chi connectivity index (χ3v) is 6.70. The van der Waals surface area contributed by atoms with Crippen LogP contribution < -0.4 is 5.32 Å². The Morgan fingerprint density at radius 2 is 1.97 bits per heavy atom. The van der Waals surface area contributed by atoms with E-state index in [4.69, 9.17) is 4.98 Å². The molecule has 6 nitrogen and oxygen atoms in total. The van der Waals surface area contributed by atoms with Crippen molar-refractivity contribution in [2.45, 2.75) is 60.0 Å². The number of anilines is 2. The molecule has 0 amide bonds. The summed E-state index contributed by atoms with van der Waals surface area (Å²) in [7, 11) is 0. The zero-order chi connectivity index (χ0) is 20.5. The average molecular weight is 411 g/mol. The Morgan fingerprint density at radius 1 is 1.14 bits per heavy atom. The number of rotatable bonds is 6. The first-order chi connectivity index (χ1) is 13.9. The predicted molar refractivity (Wildman–Crippen MR) is 119 cm³/mol. The van der Waals surface area contributed by atoms with E-state index in [0.717, 1.165) is 60.5 Å². The lowest BCUT2D eigenvalue weighted by molar-refractivity contribution is 0.325. The topological polar surface area (TPSA) is 58.9 Å². The van der Waals surface area contributed by atoms with Crippen LogP contribution in [-0.2, 0) is 13.1 Å². The molecule has 0 spiro atoms. The van der Waals surface area contributed by atoms with Gasteiger partial charge in [-0.05, 0) is 59.7 Å². The van der Waals surface area contributed by atoms with Gasteiger partial charge in [-0.3, -0.25) is 14.6 Å². The molecule has 0 saturated carbocycles. The first kappa shape index (κ1) is 20.0. The molecule has 0 aromatic carbocycles. The second kappa shape index (κ2) is 8.24. The minimum atomic E-state index is 0.469. The van der Waals surface area contributed by atoms with E-state index < -0.39 is 0 Å². The van der Waals surface area contributed by atoms with E-state index in [1.54, 1.807) is 11.3 Å². The summed E-state index contributed by atoms with van der Waals surface area (Å²) in [6, 6.07) is 4.30. The fraction of sp³-hybridized carbons (Fsp3) is 0.500. The van der Waals surface area contributed by atoms with Gasteiger partial charge in [-0.25, -0.2) is 4.98 Å². The van der Waals surface area contributed by atoms with E-state index in [2.05, 4.69) is 73.2 Å². The Hall–Kier alpha value is -2.25. The summed E-state index contributed by atoms with van der Waals surface area (Å²) in [5.74, 6) is 0.469. The number of hydrogen-bond donors (Lipinski definition) is 1. The Balaban J connectivity index is 1.45. The van der Waals surface area contributed by atoms with Gasteiger partial charge in [-0.1, -0.05) is 0 Å². The number of nitrogens with zero attached hydrogens (tertiary/aromatic N) is 5. The van der Waals surface area contributed by atoms with Crippen LogP contribution in [0.2, 0.25) is 0 Å². The molecule has 154 valence electrons. The maximum Gasteiger partial charge on any atom is 0.187 e. The molecule has 1 fully saturated rings. The predicted octanol–water partition coefficient (Wildman–Crippen LogP) is 4.72. The van der Waals surface area contributed by atoms with Crippen LogP contribution in [-0.4, -0.2) is 37.7 Å². The van der Waals surface area contributed by atoms with Crippen molar-refractivity contribution >= 4 is 22.2 Å². The monoisotopic (exact) mass is 410 g/mol. The smallest absolute Gasteiger partial charge is 0.187 e. The van der Waals surface area contributed by atoms with E-state index in [1.807, 2.05) is 4.68 Å². The molecular weight excluding hydrogens is 380 g/mol. The number of hydrogen-bond acceptors (Lipinski definition) is 6. The number of aryl methyl sites for hydroxylation is 5. The van der Waals surface area contributed by atoms with Gasteiger partial charge in [-0.15, -0.1) is 11.3 Å². The molecule has 29 heavy (non-hydrogen) atoms. The summed E-state index contributed by atoms with van der Waals surface area (Å²) >= 11 is 1.70. The molecule has 0 bridgehead atoms. The lowest BCUT2D eigenvalue weighted by Crippen LogP contribution is -2.20. The number of nitrogens with one attached hydrogen (secondary N) is 1. The van der Waals surface area contributed by atoms with Crippen molar-refractivity contribution in [3.8, 4) is 0 Å². The van der Waals surface area contributed by atoms with Crippen LogP contribution in [0.4, 0.5) is 10.8 Å².